The van der Waals surface area contributed by atoms with Crippen LogP contribution in [-0.2, 0) is 40.6 Å². The Morgan fingerprint density at radius 1 is 1.20 bits per heavy atom. The number of H-pyrrole nitrogens is 1. The molecular weight excluding hydrogens is 720 g/mol. The monoisotopic (exact) mass is 750 g/mol. The second-order valence-electron chi connectivity index (χ2n) is 11.8. The van der Waals surface area contributed by atoms with Crippen LogP contribution in [0.4, 0.5) is 9.93 Å². The zero-order valence-electron chi connectivity index (χ0n) is 26.8. The minimum absolute atomic E-state index is 0.0294. The number of nitrogens with zero attached hydrogens (tertiary/aromatic N) is 7. The number of Topliss-reactive ketones (excluding diaryl/α,β-unsaturated/α-hetero) is 1. The van der Waals surface area contributed by atoms with Gasteiger partial charge >= 0.3 is 17.7 Å². The number of oxime groups is 1. The summed E-state index contributed by atoms with van der Waals surface area (Å²) in [5.41, 5.74) is 1.07. The number of aromatic hydroxyl groups is 1. The average Bonchev–Trinajstić information content (AvgIpc) is 3.77. The Morgan fingerprint density at radius 2 is 1.92 bits per heavy atom. The lowest BCUT2D eigenvalue weighted by molar-refractivity contribution is -0.161. The number of carbonyl (C=O) groups is 5. The molecule has 0 bridgehead atoms. The Kier molecular flexibility index (Phi) is 9.82. The molecule has 2 fully saturated rings. The molecular formula is C27H30N10O12S2. The van der Waals surface area contributed by atoms with E-state index < -0.39 is 85.9 Å². The highest BCUT2D eigenvalue weighted by Gasteiger charge is 2.44. The lowest BCUT2D eigenvalue weighted by Crippen LogP contribution is -2.57. The van der Waals surface area contributed by atoms with Gasteiger partial charge in [-0.3, -0.25) is 28.6 Å². The summed E-state index contributed by atoms with van der Waals surface area (Å²) in [5, 5.41) is 30.5. The van der Waals surface area contributed by atoms with Crippen LogP contribution in [0.3, 0.4) is 0 Å². The van der Waals surface area contributed by atoms with Crippen molar-refractivity contribution in [2.45, 2.75) is 32.4 Å². The number of nitrogen functional groups attached to an aromatic ring is 1. The molecule has 0 aliphatic carbocycles. The van der Waals surface area contributed by atoms with Gasteiger partial charge in [0.15, 0.2) is 34.0 Å². The number of aromatic nitrogens is 5. The normalized spacial score (nSPS) is 16.6. The molecule has 1 atom stereocenters. The number of urea groups is 1. The van der Waals surface area contributed by atoms with Gasteiger partial charge in [-0.2, -0.15) is 0 Å². The number of hydrogen-bond donors (Lipinski definition) is 5. The molecule has 5 heterocycles. The molecule has 272 valence electrons. The summed E-state index contributed by atoms with van der Waals surface area (Å²) >= 11 is 0.959. The summed E-state index contributed by atoms with van der Waals surface area (Å²) in [6.45, 7) is 2.32. The molecule has 3 aromatic heterocycles. The Balaban J connectivity index is 1.32. The van der Waals surface area contributed by atoms with Crippen LogP contribution in [0, 0.1) is 5.92 Å². The molecule has 3 aromatic rings. The van der Waals surface area contributed by atoms with Crippen LogP contribution in [0.1, 0.15) is 26.0 Å². The van der Waals surface area contributed by atoms with E-state index in [1.54, 1.807) is 0 Å². The van der Waals surface area contributed by atoms with Crippen molar-refractivity contribution in [3.63, 3.8) is 0 Å². The zero-order valence-corrected chi connectivity index (χ0v) is 28.4. The van der Waals surface area contributed by atoms with Crippen molar-refractivity contribution in [1.82, 2.24) is 38.8 Å². The van der Waals surface area contributed by atoms with Gasteiger partial charge in [0.1, 0.15) is 5.69 Å². The van der Waals surface area contributed by atoms with Crippen molar-refractivity contribution in [2.24, 2.45) is 11.1 Å². The number of aliphatic carboxylic acids is 1. The van der Waals surface area contributed by atoms with Gasteiger partial charge in [0.05, 0.1) is 11.6 Å². The average molecular weight is 751 g/mol. The van der Waals surface area contributed by atoms with Crippen LogP contribution < -0.4 is 22.2 Å². The minimum Gasteiger partial charge on any atom is -0.503 e. The molecule has 2 aliphatic rings. The van der Waals surface area contributed by atoms with Gasteiger partial charge in [-0.1, -0.05) is 5.16 Å². The van der Waals surface area contributed by atoms with Crippen LogP contribution in [0.15, 0.2) is 32.4 Å². The molecule has 2 aliphatic heterocycles. The van der Waals surface area contributed by atoms with Crippen molar-refractivity contribution < 1.29 is 47.4 Å². The largest absolute Gasteiger partial charge is 0.503 e. The van der Waals surface area contributed by atoms with Gasteiger partial charge in [0.2, 0.25) is 22.8 Å². The van der Waals surface area contributed by atoms with Gasteiger partial charge in [0, 0.05) is 56.8 Å². The number of nitrogens with one attached hydrogen (secondary N) is 2. The van der Waals surface area contributed by atoms with E-state index in [-0.39, 0.29) is 46.1 Å². The van der Waals surface area contributed by atoms with Gasteiger partial charge in [-0.15, -0.1) is 20.5 Å². The maximum absolute atomic E-state index is 13.4. The number of pyridine rings is 1. The lowest BCUT2D eigenvalue weighted by atomic mass is 9.91. The van der Waals surface area contributed by atoms with Gasteiger partial charge in [-0.05, 0) is 13.8 Å². The molecule has 22 nitrogen and oxygen atoms in total. The van der Waals surface area contributed by atoms with Crippen molar-refractivity contribution in [2.75, 3.05) is 37.7 Å². The third-order valence-corrected chi connectivity index (χ3v) is 9.79. The van der Waals surface area contributed by atoms with E-state index in [1.165, 1.54) is 24.1 Å². The number of aromatic amines is 1. The molecule has 24 heteroatoms. The SMILES string of the molecule is CC(C)(O/N=C(\C(=O)C[C@H]1CN(C(=O)CS(=O)(=O)n2nc(-c3cc(=O)c(O)c[nH]3)n(CCN3CCNC3=O)c2=O)C1=O)c1csc(N)n1)C(=O)O. The fraction of sp³-hybridized carbons (Fsp3) is 0.407. The number of anilines is 1. The van der Waals surface area contributed by atoms with E-state index in [0.717, 1.165) is 28.2 Å². The van der Waals surface area contributed by atoms with Crippen molar-refractivity contribution in [1.29, 1.82) is 0 Å². The number of amides is 4. The fourth-order valence-corrected chi connectivity index (χ4v) is 6.50. The first kappa shape index (κ1) is 36.4. The smallest absolute Gasteiger partial charge is 0.360 e. The lowest BCUT2D eigenvalue weighted by Gasteiger charge is -2.36. The van der Waals surface area contributed by atoms with Crippen molar-refractivity contribution >= 4 is 61.8 Å². The number of imide groups is 1. The quantitative estimate of drug-likeness (QED) is 0.0650. The van der Waals surface area contributed by atoms with Crippen LogP contribution in [0.2, 0.25) is 0 Å². The van der Waals surface area contributed by atoms with Crippen molar-refractivity contribution in [3.8, 4) is 17.3 Å². The number of carboxylic acid groups (broad SMARTS) is 1. The van der Waals surface area contributed by atoms with Crippen LogP contribution in [0.5, 0.6) is 5.75 Å². The second kappa shape index (κ2) is 13.8. The third kappa shape index (κ3) is 7.49. The molecule has 6 N–H and O–H groups in total. The molecule has 0 radical (unpaired) electrons. The van der Waals surface area contributed by atoms with Gasteiger partial charge in [0.25, 0.3) is 10.0 Å². The number of likely N-dealkylation sites (tertiary alicyclic amines) is 1. The highest BCUT2D eigenvalue weighted by Crippen LogP contribution is 2.24. The summed E-state index contributed by atoms with van der Waals surface area (Å²) in [4.78, 5) is 102. The third-order valence-electron chi connectivity index (χ3n) is 7.74. The predicted octanol–water partition coefficient (Wildman–Crippen LogP) is -2.42. The maximum Gasteiger partial charge on any atom is 0.360 e. The minimum atomic E-state index is -4.90. The maximum atomic E-state index is 13.4. The van der Waals surface area contributed by atoms with Gasteiger partial charge in [-0.25, -0.2) is 27.8 Å². The van der Waals surface area contributed by atoms with Crippen LogP contribution in [0.25, 0.3) is 11.5 Å². The number of β-lactam (4-membered cyclic amide) rings is 1. The van der Waals surface area contributed by atoms with E-state index in [9.17, 15) is 52.2 Å². The van der Waals surface area contributed by atoms with E-state index in [1.807, 2.05) is 0 Å². The fourth-order valence-electron chi connectivity index (χ4n) is 4.82. The zero-order chi connectivity index (χ0) is 37.4. The summed E-state index contributed by atoms with van der Waals surface area (Å²) in [6, 6.07) is 0.455. The van der Waals surface area contributed by atoms with E-state index in [4.69, 9.17) is 10.6 Å². The molecule has 51 heavy (non-hydrogen) atoms. The Bertz CT molecular complexity index is 2200. The highest BCUT2D eigenvalue weighted by molar-refractivity contribution is 7.90. The number of carbonyl (C=O) groups excluding carboxylic acids is 4. The summed E-state index contributed by atoms with van der Waals surface area (Å²) in [7, 11) is -4.90. The first-order chi connectivity index (χ1) is 23.9. The summed E-state index contributed by atoms with van der Waals surface area (Å²) in [5.74, 6) is -7.83. The van der Waals surface area contributed by atoms with E-state index in [2.05, 4.69) is 25.5 Å². The van der Waals surface area contributed by atoms with Crippen LogP contribution in [-0.4, -0.2) is 125 Å². The van der Waals surface area contributed by atoms with E-state index in [0.29, 0.717) is 18.0 Å². The van der Waals surface area contributed by atoms with E-state index >= 15 is 0 Å². The molecule has 5 rings (SSSR count). The molecule has 0 aromatic carbocycles. The number of carboxylic acids is 1. The Morgan fingerprint density at radius 3 is 2.51 bits per heavy atom. The first-order valence-corrected chi connectivity index (χ1v) is 17.3. The topological polar surface area (TPSA) is 312 Å². The Labute approximate surface area is 290 Å². The first-order valence-electron chi connectivity index (χ1n) is 14.9. The van der Waals surface area contributed by atoms with Gasteiger partial charge < -0.3 is 36.0 Å². The van der Waals surface area contributed by atoms with Crippen molar-refractivity contribution in [3.05, 3.63) is 44.0 Å². The molecule has 2 saturated heterocycles. The molecule has 0 unspecified atom stereocenters. The summed E-state index contributed by atoms with van der Waals surface area (Å²) in [6.07, 6.45) is 0.370. The second-order valence-corrected chi connectivity index (χ2v) is 14.4. The van der Waals surface area contributed by atoms with Crippen LogP contribution >= 0.6 is 11.3 Å². The standard InChI is InChI=1S/C27H30N10O12S2/c1-27(2,23(43)44)49-33-20(15-11-50-24(28)31-15)17(39)7-13-10-36(22(13)42)19(41)12-51(47,48)37-26(46)35(6-5-34-4-3-29-25(34)45)21(32-37)14-8-16(38)18(40)9-30-14/h8-9,11,13,40H,3-7,10,12H2,1-2H3,(H2,28,31)(H,29,45)(H,30,38)(H,43,44)/b33-20-/t13-/m0/s1. The molecule has 0 saturated carbocycles. The number of ketones is 1. The number of rotatable bonds is 14. The predicted molar refractivity (Wildman–Crippen MR) is 174 cm³/mol. The number of hydrogen-bond acceptors (Lipinski definition) is 16. The Hall–Kier alpha value is -5.91. The highest BCUT2D eigenvalue weighted by atomic mass is 32.2. The molecule has 4 amide bonds. The molecule has 0 spiro atoms. The number of nitrogens with two attached hydrogens (primary N) is 1. The summed E-state index contributed by atoms with van der Waals surface area (Å²) < 4.78 is 27.6. The number of thiazole rings is 1.